The Morgan fingerprint density at radius 2 is 2.20 bits per heavy atom. The predicted octanol–water partition coefficient (Wildman–Crippen LogP) is 3.80. The second-order valence-electron chi connectivity index (χ2n) is 5.75. The number of amides is 1. The molecule has 1 aromatic rings. The van der Waals surface area contributed by atoms with Crippen molar-refractivity contribution in [3.8, 4) is 0 Å². The Kier molecular flexibility index (Phi) is 5.90. The number of rotatable bonds is 5. The summed E-state index contributed by atoms with van der Waals surface area (Å²) in [7, 11) is 0. The molecule has 0 spiro atoms. The molecule has 2 rings (SSSR count). The predicted molar refractivity (Wildman–Crippen MR) is 84.1 cm³/mol. The number of carbonyl (C=O) groups is 1. The van der Waals surface area contributed by atoms with E-state index in [-0.39, 0.29) is 0 Å². The molecule has 0 aromatic heterocycles. The highest BCUT2D eigenvalue weighted by atomic mass is 35.5. The van der Waals surface area contributed by atoms with Crippen LogP contribution in [-0.4, -0.2) is 29.8 Å². The summed E-state index contributed by atoms with van der Waals surface area (Å²) in [4.78, 5) is 14.4. The maximum Gasteiger partial charge on any atom is 0.222 e. The minimum absolute atomic E-state index is 0.299. The van der Waals surface area contributed by atoms with Gasteiger partial charge in [-0.1, -0.05) is 24.3 Å². The third-order valence-corrected chi connectivity index (χ3v) is 4.48. The topological polar surface area (TPSA) is 20.3 Å². The van der Waals surface area contributed by atoms with Crippen molar-refractivity contribution in [3.05, 3.63) is 35.4 Å². The lowest BCUT2D eigenvalue weighted by Gasteiger charge is -2.32. The molecular formula is C17H24ClNO. The highest BCUT2D eigenvalue weighted by molar-refractivity contribution is 6.17. The normalized spacial score (nSPS) is 19.1. The van der Waals surface area contributed by atoms with E-state index in [9.17, 15) is 4.79 Å². The van der Waals surface area contributed by atoms with Gasteiger partial charge in [0.1, 0.15) is 0 Å². The average molecular weight is 294 g/mol. The van der Waals surface area contributed by atoms with Crippen LogP contribution in [0.2, 0.25) is 0 Å². The van der Waals surface area contributed by atoms with Crippen LogP contribution in [0.1, 0.15) is 36.8 Å². The van der Waals surface area contributed by atoms with Crippen LogP contribution in [0.3, 0.4) is 0 Å². The van der Waals surface area contributed by atoms with Gasteiger partial charge in [-0.05, 0) is 49.7 Å². The molecule has 20 heavy (non-hydrogen) atoms. The molecule has 1 aliphatic heterocycles. The Morgan fingerprint density at radius 1 is 1.40 bits per heavy atom. The van der Waals surface area contributed by atoms with Gasteiger partial charge < -0.3 is 4.90 Å². The zero-order valence-electron chi connectivity index (χ0n) is 12.3. The first kappa shape index (κ1) is 15.4. The van der Waals surface area contributed by atoms with Crippen molar-refractivity contribution >= 4 is 17.5 Å². The number of carbonyl (C=O) groups excluding carboxylic acids is 1. The van der Waals surface area contributed by atoms with E-state index in [1.807, 2.05) is 17.0 Å². The first-order valence-electron chi connectivity index (χ1n) is 7.59. The quantitative estimate of drug-likeness (QED) is 0.756. The number of hydrogen-bond acceptors (Lipinski definition) is 1. The monoisotopic (exact) mass is 293 g/mol. The van der Waals surface area contributed by atoms with E-state index in [4.69, 9.17) is 11.6 Å². The van der Waals surface area contributed by atoms with Crippen LogP contribution in [0, 0.1) is 12.8 Å². The zero-order valence-corrected chi connectivity index (χ0v) is 13.0. The van der Waals surface area contributed by atoms with Crippen molar-refractivity contribution in [3.63, 3.8) is 0 Å². The molecule has 0 aliphatic carbocycles. The molecule has 1 amide bonds. The van der Waals surface area contributed by atoms with Gasteiger partial charge in [0.25, 0.3) is 0 Å². The van der Waals surface area contributed by atoms with Gasteiger partial charge >= 0.3 is 0 Å². The number of benzene rings is 1. The van der Waals surface area contributed by atoms with Gasteiger partial charge in [-0.15, -0.1) is 11.6 Å². The third-order valence-electron chi connectivity index (χ3n) is 4.26. The summed E-state index contributed by atoms with van der Waals surface area (Å²) >= 11 is 5.82. The van der Waals surface area contributed by atoms with Crippen molar-refractivity contribution in [2.24, 2.45) is 5.92 Å². The van der Waals surface area contributed by atoms with E-state index >= 15 is 0 Å². The molecule has 0 saturated carbocycles. The van der Waals surface area contributed by atoms with E-state index in [1.54, 1.807) is 0 Å². The summed E-state index contributed by atoms with van der Waals surface area (Å²) in [5.41, 5.74) is 2.56. The van der Waals surface area contributed by atoms with Crippen LogP contribution < -0.4 is 0 Å². The molecule has 3 heteroatoms. The zero-order chi connectivity index (χ0) is 14.4. The minimum atomic E-state index is 0.299. The molecule has 1 saturated heterocycles. The lowest BCUT2D eigenvalue weighted by atomic mass is 9.95. The van der Waals surface area contributed by atoms with Crippen molar-refractivity contribution in [1.29, 1.82) is 0 Å². The van der Waals surface area contributed by atoms with E-state index < -0.39 is 0 Å². The highest BCUT2D eigenvalue weighted by Crippen LogP contribution is 2.21. The van der Waals surface area contributed by atoms with Crippen LogP contribution in [-0.2, 0) is 11.2 Å². The summed E-state index contributed by atoms with van der Waals surface area (Å²) in [6, 6.07) is 8.32. The van der Waals surface area contributed by atoms with Gasteiger partial charge in [-0.25, -0.2) is 0 Å². The van der Waals surface area contributed by atoms with Gasteiger partial charge in [0, 0.05) is 25.4 Å². The third kappa shape index (κ3) is 4.24. The number of likely N-dealkylation sites (tertiary alicyclic amines) is 1. The summed E-state index contributed by atoms with van der Waals surface area (Å²) in [6.45, 7) is 3.93. The SMILES string of the molecule is Cc1ccccc1CCC(=O)N1CCCC(CCCl)C1. The molecule has 0 N–H and O–H groups in total. The Balaban J connectivity index is 1.84. The highest BCUT2D eigenvalue weighted by Gasteiger charge is 2.22. The summed E-state index contributed by atoms with van der Waals surface area (Å²) in [6.07, 6.45) is 4.84. The fourth-order valence-electron chi connectivity index (χ4n) is 2.97. The second-order valence-corrected chi connectivity index (χ2v) is 6.13. The molecule has 0 bridgehead atoms. The largest absolute Gasteiger partial charge is 0.342 e. The van der Waals surface area contributed by atoms with Crippen LogP contribution in [0.25, 0.3) is 0 Å². The van der Waals surface area contributed by atoms with Crippen molar-refractivity contribution in [2.75, 3.05) is 19.0 Å². The van der Waals surface area contributed by atoms with Gasteiger partial charge in [0.2, 0.25) is 5.91 Å². The van der Waals surface area contributed by atoms with Crippen molar-refractivity contribution in [1.82, 2.24) is 4.90 Å². The molecule has 1 aromatic carbocycles. The first-order chi connectivity index (χ1) is 9.70. The second kappa shape index (κ2) is 7.68. The Hall–Kier alpha value is -1.02. The molecule has 0 radical (unpaired) electrons. The Bertz CT molecular complexity index is 444. The number of nitrogens with zero attached hydrogens (tertiary/aromatic N) is 1. The summed E-state index contributed by atoms with van der Waals surface area (Å²) in [5, 5.41) is 0. The lowest BCUT2D eigenvalue weighted by molar-refractivity contribution is -0.133. The maximum atomic E-state index is 12.3. The van der Waals surface area contributed by atoms with Crippen LogP contribution in [0.15, 0.2) is 24.3 Å². The number of aryl methyl sites for hydroxylation is 2. The maximum absolute atomic E-state index is 12.3. The molecule has 110 valence electrons. The summed E-state index contributed by atoms with van der Waals surface area (Å²) < 4.78 is 0. The minimum Gasteiger partial charge on any atom is -0.342 e. The number of piperidine rings is 1. The van der Waals surface area contributed by atoms with Gasteiger partial charge in [0.05, 0.1) is 0 Å². The number of halogens is 1. The smallest absolute Gasteiger partial charge is 0.222 e. The van der Waals surface area contributed by atoms with Crippen molar-refractivity contribution in [2.45, 2.75) is 39.0 Å². The van der Waals surface area contributed by atoms with Crippen LogP contribution in [0.5, 0.6) is 0 Å². The molecular weight excluding hydrogens is 270 g/mol. The molecule has 1 unspecified atom stereocenters. The van der Waals surface area contributed by atoms with E-state index in [0.29, 0.717) is 24.1 Å². The molecule has 1 aliphatic rings. The van der Waals surface area contributed by atoms with Gasteiger partial charge in [0.15, 0.2) is 0 Å². The lowest BCUT2D eigenvalue weighted by Crippen LogP contribution is -2.40. The van der Waals surface area contributed by atoms with Crippen molar-refractivity contribution < 1.29 is 4.79 Å². The Morgan fingerprint density at radius 3 is 2.95 bits per heavy atom. The molecule has 1 heterocycles. The fraction of sp³-hybridized carbons (Fsp3) is 0.588. The standard InChI is InChI=1S/C17H24ClNO/c1-14-5-2-3-7-16(14)8-9-17(20)19-12-4-6-15(13-19)10-11-18/h2-3,5,7,15H,4,6,8-13H2,1H3. The first-order valence-corrected chi connectivity index (χ1v) is 8.12. The van der Waals surface area contributed by atoms with Gasteiger partial charge in [-0.2, -0.15) is 0 Å². The molecule has 2 nitrogen and oxygen atoms in total. The number of alkyl halides is 1. The van der Waals surface area contributed by atoms with Gasteiger partial charge in [-0.3, -0.25) is 4.79 Å². The molecule has 1 fully saturated rings. The average Bonchev–Trinajstić information content (AvgIpc) is 2.47. The van der Waals surface area contributed by atoms with Crippen LogP contribution >= 0.6 is 11.6 Å². The van der Waals surface area contributed by atoms with Crippen LogP contribution in [0.4, 0.5) is 0 Å². The van der Waals surface area contributed by atoms with E-state index in [0.717, 1.165) is 32.4 Å². The van der Waals surface area contributed by atoms with E-state index in [2.05, 4.69) is 19.1 Å². The van der Waals surface area contributed by atoms with E-state index in [1.165, 1.54) is 17.5 Å². The molecule has 1 atom stereocenters. The number of hydrogen-bond donors (Lipinski definition) is 0. The fourth-order valence-corrected chi connectivity index (χ4v) is 3.28. The summed E-state index contributed by atoms with van der Waals surface area (Å²) in [5.74, 6) is 1.60. The Labute approximate surface area is 127 Å².